The van der Waals surface area contributed by atoms with Crippen LogP contribution in [0.15, 0.2) is 30.3 Å². The molecule has 0 radical (unpaired) electrons. The van der Waals surface area contributed by atoms with Crippen molar-refractivity contribution in [2.24, 2.45) is 5.73 Å². The Morgan fingerprint density at radius 3 is 2.82 bits per heavy atom. The number of nitrogens with two attached hydrogens (primary N) is 1. The smallest absolute Gasteiger partial charge is 0.120 e. The Labute approximate surface area is 119 Å². The molecule has 0 aliphatic carbocycles. The summed E-state index contributed by atoms with van der Waals surface area (Å²) in [5.74, 6) is 0.914. The molecule has 4 heteroatoms. The third kappa shape index (κ3) is 3.43. The molecule has 0 bridgehead atoms. The van der Waals surface area contributed by atoms with Gasteiger partial charge >= 0.3 is 0 Å². The zero-order valence-electron chi connectivity index (χ0n) is 9.57. The molecule has 2 nitrogen and oxygen atoms in total. The number of halogens is 1. The quantitative estimate of drug-likeness (QED) is 0.845. The fourth-order valence-corrected chi connectivity index (χ4v) is 2.99. The molecule has 1 aromatic carbocycles. The van der Waals surface area contributed by atoms with Crippen LogP contribution in [0.5, 0.6) is 5.75 Å². The van der Waals surface area contributed by atoms with Gasteiger partial charge in [0.1, 0.15) is 12.4 Å². The molecular formula is C13H14INOS. The molecule has 0 saturated heterocycles. The van der Waals surface area contributed by atoms with Crippen LogP contribution in [0.4, 0.5) is 0 Å². The Bertz CT molecular complexity index is 510. The molecular weight excluding hydrogens is 345 g/mol. The van der Waals surface area contributed by atoms with E-state index in [1.807, 2.05) is 18.2 Å². The van der Waals surface area contributed by atoms with E-state index in [2.05, 4.69) is 41.6 Å². The van der Waals surface area contributed by atoms with E-state index in [0.717, 1.165) is 5.75 Å². The van der Waals surface area contributed by atoms with Crippen LogP contribution in [0.2, 0.25) is 0 Å². The standard InChI is InChI=1S/C13H14INOS/c1-9-10(5-13(7-15)17-9)8-16-12-4-2-3-11(14)6-12/h2-6H,7-8,15H2,1H3. The van der Waals surface area contributed by atoms with Crippen molar-refractivity contribution in [3.8, 4) is 5.75 Å². The zero-order valence-corrected chi connectivity index (χ0v) is 12.5. The van der Waals surface area contributed by atoms with Crippen LogP contribution in [0.1, 0.15) is 15.3 Å². The molecule has 2 rings (SSSR count). The maximum Gasteiger partial charge on any atom is 0.120 e. The number of thiophene rings is 1. The number of hydrogen-bond acceptors (Lipinski definition) is 3. The average molecular weight is 359 g/mol. The lowest BCUT2D eigenvalue weighted by Crippen LogP contribution is -1.96. The van der Waals surface area contributed by atoms with Gasteiger partial charge in [-0.25, -0.2) is 0 Å². The largest absolute Gasteiger partial charge is 0.489 e. The minimum absolute atomic E-state index is 0.606. The van der Waals surface area contributed by atoms with E-state index in [0.29, 0.717) is 13.2 Å². The SMILES string of the molecule is Cc1sc(CN)cc1COc1cccc(I)c1. The maximum absolute atomic E-state index is 5.77. The minimum Gasteiger partial charge on any atom is -0.489 e. The molecule has 0 aliphatic rings. The van der Waals surface area contributed by atoms with Gasteiger partial charge in [0.15, 0.2) is 0 Å². The third-order valence-electron chi connectivity index (χ3n) is 2.46. The molecule has 1 heterocycles. The minimum atomic E-state index is 0.606. The summed E-state index contributed by atoms with van der Waals surface area (Å²) < 4.78 is 6.96. The summed E-state index contributed by atoms with van der Waals surface area (Å²) in [4.78, 5) is 2.50. The van der Waals surface area contributed by atoms with Gasteiger partial charge in [-0.2, -0.15) is 0 Å². The highest BCUT2D eigenvalue weighted by Crippen LogP contribution is 2.23. The number of ether oxygens (including phenoxy) is 1. The Balaban J connectivity index is 2.04. The fourth-order valence-electron chi connectivity index (χ4n) is 1.55. The van der Waals surface area contributed by atoms with Crippen molar-refractivity contribution in [1.29, 1.82) is 0 Å². The summed E-state index contributed by atoms with van der Waals surface area (Å²) in [7, 11) is 0. The molecule has 0 saturated carbocycles. The van der Waals surface area contributed by atoms with Gasteiger partial charge in [0, 0.05) is 25.4 Å². The van der Waals surface area contributed by atoms with Crippen LogP contribution in [-0.2, 0) is 13.2 Å². The van der Waals surface area contributed by atoms with Crippen LogP contribution < -0.4 is 10.5 Å². The first-order valence-electron chi connectivity index (χ1n) is 5.35. The molecule has 0 unspecified atom stereocenters. The van der Waals surface area contributed by atoms with Crippen molar-refractivity contribution >= 4 is 33.9 Å². The molecule has 0 fully saturated rings. The van der Waals surface area contributed by atoms with Crippen molar-refractivity contribution < 1.29 is 4.74 Å². The lowest BCUT2D eigenvalue weighted by atomic mass is 10.2. The van der Waals surface area contributed by atoms with Gasteiger partial charge in [0.25, 0.3) is 0 Å². The van der Waals surface area contributed by atoms with Gasteiger partial charge in [-0.15, -0.1) is 11.3 Å². The van der Waals surface area contributed by atoms with Crippen LogP contribution in [-0.4, -0.2) is 0 Å². The van der Waals surface area contributed by atoms with Gasteiger partial charge in [-0.3, -0.25) is 0 Å². The second-order valence-electron chi connectivity index (χ2n) is 3.74. The van der Waals surface area contributed by atoms with Crippen molar-refractivity contribution in [3.05, 3.63) is 49.2 Å². The van der Waals surface area contributed by atoms with Gasteiger partial charge in [-0.1, -0.05) is 6.07 Å². The third-order valence-corrected chi connectivity index (χ3v) is 4.25. The van der Waals surface area contributed by atoms with Crippen LogP contribution in [0.3, 0.4) is 0 Å². The van der Waals surface area contributed by atoms with E-state index in [4.69, 9.17) is 10.5 Å². The lowest BCUT2D eigenvalue weighted by Gasteiger charge is -2.05. The predicted octanol–water partition coefficient (Wildman–Crippen LogP) is 3.70. The molecule has 90 valence electrons. The Hall–Kier alpha value is -0.590. The van der Waals surface area contributed by atoms with E-state index >= 15 is 0 Å². The molecule has 0 spiro atoms. The topological polar surface area (TPSA) is 35.2 Å². The summed E-state index contributed by atoms with van der Waals surface area (Å²) >= 11 is 4.03. The van der Waals surface area contributed by atoms with Crippen LogP contribution in [0, 0.1) is 10.5 Å². The number of rotatable bonds is 4. The van der Waals surface area contributed by atoms with E-state index in [-0.39, 0.29) is 0 Å². The highest BCUT2D eigenvalue weighted by atomic mass is 127. The molecule has 0 amide bonds. The fraction of sp³-hybridized carbons (Fsp3) is 0.231. The van der Waals surface area contributed by atoms with E-state index in [9.17, 15) is 0 Å². The monoisotopic (exact) mass is 359 g/mol. The highest BCUT2D eigenvalue weighted by molar-refractivity contribution is 14.1. The summed E-state index contributed by atoms with van der Waals surface area (Å²) in [5.41, 5.74) is 6.86. The molecule has 2 N–H and O–H groups in total. The molecule has 17 heavy (non-hydrogen) atoms. The molecule has 2 aromatic rings. The lowest BCUT2D eigenvalue weighted by molar-refractivity contribution is 0.306. The average Bonchev–Trinajstić information content (AvgIpc) is 2.68. The van der Waals surface area contributed by atoms with Gasteiger partial charge in [-0.05, 0) is 53.8 Å². The van der Waals surface area contributed by atoms with Crippen molar-refractivity contribution in [1.82, 2.24) is 0 Å². The van der Waals surface area contributed by atoms with Gasteiger partial charge in [0.2, 0.25) is 0 Å². The second kappa shape index (κ2) is 5.84. The van der Waals surface area contributed by atoms with Crippen LogP contribution in [0.25, 0.3) is 0 Å². The number of benzene rings is 1. The maximum atomic E-state index is 5.77. The van der Waals surface area contributed by atoms with Crippen molar-refractivity contribution in [2.45, 2.75) is 20.1 Å². The molecule has 0 aliphatic heterocycles. The summed E-state index contributed by atoms with van der Waals surface area (Å²) in [6.07, 6.45) is 0. The second-order valence-corrected chi connectivity index (χ2v) is 6.33. The number of hydrogen-bond donors (Lipinski definition) is 1. The molecule has 1 aromatic heterocycles. The van der Waals surface area contributed by atoms with Crippen LogP contribution >= 0.6 is 33.9 Å². The normalized spacial score (nSPS) is 10.5. The number of aryl methyl sites for hydroxylation is 1. The van der Waals surface area contributed by atoms with Gasteiger partial charge < -0.3 is 10.5 Å². The Morgan fingerprint density at radius 1 is 1.35 bits per heavy atom. The highest BCUT2D eigenvalue weighted by Gasteiger charge is 2.05. The predicted molar refractivity (Wildman–Crippen MR) is 80.4 cm³/mol. The van der Waals surface area contributed by atoms with E-state index in [1.165, 1.54) is 18.9 Å². The Kier molecular flexibility index (Phi) is 4.42. The first-order chi connectivity index (χ1) is 8.19. The van der Waals surface area contributed by atoms with Crippen molar-refractivity contribution in [3.63, 3.8) is 0 Å². The summed E-state index contributed by atoms with van der Waals surface area (Å²) in [6.45, 7) is 3.33. The van der Waals surface area contributed by atoms with E-state index in [1.54, 1.807) is 11.3 Å². The zero-order chi connectivity index (χ0) is 12.3. The first-order valence-corrected chi connectivity index (χ1v) is 7.25. The van der Waals surface area contributed by atoms with E-state index < -0.39 is 0 Å². The van der Waals surface area contributed by atoms with Gasteiger partial charge in [0.05, 0.1) is 0 Å². The summed E-state index contributed by atoms with van der Waals surface area (Å²) in [5, 5.41) is 0. The Morgan fingerprint density at radius 2 is 2.18 bits per heavy atom. The van der Waals surface area contributed by atoms with Crippen molar-refractivity contribution in [2.75, 3.05) is 0 Å². The molecule has 0 atom stereocenters. The first kappa shape index (κ1) is 12.9. The summed E-state index contributed by atoms with van der Waals surface area (Å²) in [6, 6.07) is 10.2.